The summed E-state index contributed by atoms with van der Waals surface area (Å²) in [6.45, 7) is 2.83. The van der Waals surface area contributed by atoms with Crippen molar-refractivity contribution in [2.24, 2.45) is 0 Å². The number of nitriles is 1. The Bertz CT molecular complexity index is 748. The van der Waals surface area contributed by atoms with Gasteiger partial charge in [-0.2, -0.15) is 5.26 Å². The van der Waals surface area contributed by atoms with Crippen molar-refractivity contribution >= 4 is 22.7 Å². The number of hydrogen-bond acceptors (Lipinski definition) is 6. The first kappa shape index (κ1) is 16.4. The van der Waals surface area contributed by atoms with Crippen LogP contribution >= 0.6 is 11.3 Å². The molecular weight excluding hydrogens is 324 g/mol. The van der Waals surface area contributed by atoms with E-state index in [1.165, 1.54) is 29.9 Å². The summed E-state index contributed by atoms with van der Waals surface area (Å²) >= 11 is 1.73. The Morgan fingerprint density at radius 2 is 2.17 bits per heavy atom. The van der Waals surface area contributed by atoms with E-state index in [0.29, 0.717) is 17.8 Å². The molecule has 0 bridgehead atoms. The van der Waals surface area contributed by atoms with E-state index in [0.717, 1.165) is 13.1 Å². The van der Waals surface area contributed by atoms with Crippen LogP contribution in [0, 0.1) is 21.4 Å². The van der Waals surface area contributed by atoms with E-state index >= 15 is 0 Å². The molecule has 1 fully saturated rings. The van der Waals surface area contributed by atoms with Gasteiger partial charge in [-0.3, -0.25) is 15.0 Å². The number of anilines is 1. The third-order valence-corrected chi connectivity index (χ3v) is 5.25. The Morgan fingerprint density at radius 3 is 2.79 bits per heavy atom. The lowest BCUT2D eigenvalue weighted by molar-refractivity contribution is -0.384. The number of hydrogen-bond donors (Lipinski definition) is 1. The van der Waals surface area contributed by atoms with Gasteiger partial charge in [0.25, 0.3) is 5.69 Å². The number of nitro benzene ring substituents is 1. The molecule has 7 heteroatoms. The molecule has 2 heterocycles. The van der Waals surface area contributed by atoms with Gasteiger partial charge < -0.3 is 5.32 Å². The third-order valence-electron chi connectivity index (χ3n) is 4.27. The van der Waals surface area contributed by atoms with Crippen molar-refractivity contribution < 1.29 is 4.92 Å². The lowest BCUT2D eigenvalue weighted by Gasteiger charge is -2.27. The Kier molecular flexibility index (Phi) is 5.08. The molecule has 1 aromatic carbocycles. The Balaban J connectivity index is 1.77. The lowest BCUT2D eigenvalue weighted by Crippen LogP contribution is -2.30. The first-order chi connectivity index (χ1) is 11.7. The molecule has 1 atom stereocenters. The van der Waals surface area contributed by atoms with Gasteiger partial charge in [-0.1, -0.05) is 6.07 Å². The van der Waals surface area contributed by atoms with Crippen molar-refractivity contribution in [3.63, 3.8) is 0 Å². The molecule has 0 saturated carbocycles. The highest BCUT2D eigenvalue weighted by Gasteiger charge is 2.24. The molecule has 1 N–H and O–H groups in total. The molecule has 3 rings (SSSR count). The van der Waals surface area contributed by atoms with E-state index in [-0.39, 0.29) is 11.7 Å². The summed E-state index contributed by atoms with van der Waals surface area (Å²) in [5.41, 5.74) is 0.880. The van der Waals surface area contributed by atoms with E-state index in [1.807, 2.05) is 6.07 Å². The van der Waals surface area contributed by atoms with E-state index in [1.54, 1.807) is 17.4 Å². The standard InChI is InChI=1S/C17H18N4O2S/c18-11-13-10-14(21(22)23)5-6-15(13)19-12-16(17-4-3-9-24-17)20-7-1-2-8-20/h3-6,9-10,16,19H,1-2,7-8,12H2. The molecule has 1 aliphatic heterocycles. The smallest absolute Gasteiger partial charge is 0.270 e. The highest BCUT2D eigenvalue weighted by Crippen LogP contribution is 2.29. The van der Waals surface area contributed by atoms with Crippen molar-refractivity contribution in [2.75, 3.05) is 25.0 Å². The molecule has 24 heavy (non-hydrogen) atoms. The third kappa shape index (κ3) is 3.55. The van der Waals surface area contributed by atoms with Crippen LogP contribution in [0.2, 0.25) is 0 Å². The van der Waals surface area contributed by atoms with Gasteiger partial charge in [0, 0.05) is 23.6 Å². The van der Waals surface area contributed by atoms with Crippen LogP contribution in [0.15, 0.2) is 35.7 Å². The van der Waals surface area contributed by atoms with Crippen LogP contribution in [0.5, 0.6) is 0 Å². The molecule has 6 nitrogen and oxygen atoms in total. The number of rotatable bonds is 6. The van der Waals surface area contributed by atoms with Crippen LogP contribution in [-0.4, -0.2) is 29.5 Å². The molecule has 0 spiro atoms. The minimum atomic E-state index is -0.483. The molecule has 124 valence electrons. The normalized spacial score (nSPS) is 15.8. The quantitative estimate of drug-likeness (QED) is 0.638. The maximum Gasteiger partial charge on any atom is 0.270 e. The van der Waals surface area contributed by atoms with Gasteiger partial charge >= 0.3 is 0 Å². The average molecular weight is 342 g/mol. The molecule has 1 saturated heterocycles. The van der Waals surface area contributed by atoms with Gasteiger partial charge in [-0.25, -0.2) is 0 Å². The Hall–Kier alpha value is -2.43. The first-order valence-electron chi connectivity index (χ1n) is 7.89. The van der Waals surface area contributed by atoms with Gasteiger partial charge in [-0.05, 0) is 43.4 Å². The van der Waals surface area contributed by atoms with Crippen molar-refractivity contribution in [3.8, 4) is 6.07 Å². The van der Waals surface area contributed by atoms with Crippen LogP contribution in [0.25, 0.3) is 0 Å². The average Bonchev–Trinajstić information content (AvgIpc) is 3.29. The zero-order valence-electron chi connectivity index (χ0n) is 13.1. The van der Waals surface area contributed by atoms with Crippen LogP contribution in [0.1, 0.15) is 29.3 Å². The number of likely N-dealkylation sites (tertiary alicyclic amines) is 1. The molecule has 0 amide bonds. The van der Waals surface area contributed by atoms with Gasteiger partial charge in [-0.15, -0.1) is 11.3 Å². The molecule has 0 radical (unpaired) electrons. The number of thiophene rings is 1. The fourth-order valence-corrected chi connectivity index (χ4v) is 3.90. The monoisotopic (exact) mass is 342 g/mol. The molecule has 1 aliphatic rings. The number of nitro groups is 1. The largest absolute Gasteiger partial charge is 0.382 e. The predicted octanol–water partition coefficient (Wildman–Crippen LogP) is 3.78. The summed E-state index contributed by atoms with van der Waals surface area (Å²) in [7, 11) is 0. The topological polar surface area (TPSA) is 82.2 Å². The van der Waals surface area contributed by atoms with Gasteiger partial charge in [0.05, 0.1) is 22.2 Å². The molecule has 1 unspecified atom stereocenters. The second-order valence-electron chi connectivity index (χ2n) is 5.75. The minimum Gasteiger partial charge on any atom is -0.382 e. The number of non-ortho nitro benzene ring substituents is 1. The molecule has 2 aromatic rings. The highest BCUT2D eigenvalue weighted by molar-refractivity contribution is 7.10. The fourth-order valence-electron chi connectivity index (χ4n) is 3.04. The van der Waals surface area contributed by atoms with E-state index in [4.69, 9.17) is 0 Å². The van der Waals surface area contributed by atoms with Crippen molar-refractivity contribution in [3.05, 3.63) is 56.3 Å². The number of nitrogens with zero attached hydrogens (tertiary/aromatic N) is 3. The van der Waals surface area contributed by atoms with Crippen molar-refractivity contribution in [1.29, 1.82) is 5.26 Å². The maximum absolute atomic E-state index is 10.8. The van der Waals surface area contributed by atoms with E-state index in [2.05, 4.69) is 27.7 Å². The molecule has 0 aliphatic carbocycles. The van der Waals surface area contributed by atoms with Crippen molar-refractivity contribution in [2.45, 2.75) is 18.9 Å². The Labute approximate surface area is 144 Å². The summed E-state index contributed by atoms with van der Waals surface area (Å²) in [4.78, 5) is 14.1. The number of nitrogens with one attached hydrogen (secondary N) is 1. The minimum absolute atomic E-state index is 0.0635. The van der Waals surface area contributed by atoms with Crippen LogP contribution in [0.3, 0.4) is 0 Å². The zero-order chi connectivity index (χ0) is 16.9. The summed E-state index contributed by atoms with van der Waals surface area (Å²) in [6.07, 6.45) is 2.42. The van der Waals surface area contributed by atoms with E-state index in [9.17, 15) is 15.4 Å². The summed E-state index contributed by atoms with van der Waals surface area (Å²) in [5, 5.41) is 25.5. The molecular formula is C17H18N4O2S. The van der Waals surface area contributed by atoms with Crippen molar-refractivity contribution in [1.82, 2.24) is 4.90 Å². The second-order valence-corrected chi connectivity index (χ2v) is 6.73. The molecule has 1 aromatic heterocycles. The van der Waals surface area contributed by atoms with Gasteiger partial charge in [0.1, 0.15) is 6.07 Å². The summed E-state index contributed by atoms with van der Waals surface area (Å²) in [5.74, 6) is 0. The maximum atomic E-state index is 10.8. The first-order valence-corrected chi connectivity index (χ1v) is 8.77. The van der Waals surface area contributed by atoms with Crippen LogP contribution < -0.4 is 5.32 Å². The van der Waals surface area contributed by atoms with E-state index < -0.39 is 4.92 Å². The Morgan fingerprint density at radius 1 is 1.38 bits per heavy atom. The van der Waals surface area contributed by atoms with Crippen LogP contribution in [0.4, 0.5) is 11.4 Å². The second kappa shape index (κ2) is 7.43. The lowest BCUT2D eigenvalue weighted by atomic mass is 10.1. The summed E-state index contributed by atoms with van der Waals surface area (Å²) in [6, 6.07) is 10.9. The van der Waals surface area contributed by atoms with Crippen LogP contribution in [-0.2, 0) is 0 Å². The van der Waals surface area contributed by atoms with Gasteiger partial charge in [0.2, 0.25) is 0 Å². The highest BCUT2D eigenvalue weighted by atomic mass is 32.1. The predicted molar refractivity (Wildman–Crippen MR) is 94.2 cm³/mol. The zero-order valence-corrected chi connectivity index (χ0v) is 14.0. The number of benzene rings is 1. The fraction of sp³-hybridized carbons (Fsp3) is 0.353. The summed E-state index contributed by atoms with van der Waals surface area (Å²) < 4.78 is 0. The van der Waals surface area contributed by atoms with Gasteiger partial charge in [0.15, 0.2) is 0 Å². The SMILES string of the molecule is N#Cc1cc([N+](=O)[O-])ccc1NCC(c1cccs1)N1CCCC1.